The molecule has 0 fully saturated rings. The van der Waals surface area contributed by atoms with Crippen molar-refractivity contribution >= 4 is 0 Å². The Bertz CT molecular complexity index is 91.3. The van der Waals surface area contributed by atoms with E-state index in [1.807, 2.05) is 6.92 Å². The van der Waals surface area contributed by atoms with Crippen molar-refractivity contribution < 1.29 is 10.2 Å². The number of aliphatic hydroxyl groups excluding tert-OH is 2. The summed E-state index contributed by atoms with van der Waals surface area (Å²) in [5.41, 5.74) is 0. The Kier molecular flexibility index (Phi) is 5.26. The van der Waals surface area contributed by atoms with Gasteiger partial charge in [-0.2, -0.15) is 0 Å². The van der Waals surface area contributed by atoms with Crippen LogP contribution in [0.1, 0.15) is 19.8 Å². The minimum absolute atomic E-state index is 0.0139. The van der Waals surface area contributed by atoms with Crippen molar-refractivity contribution in [1.82, 2.24) is 0 Å². The average Bonchev–Trinajstić information content (AvgIpc) is 1.98. The number of allylic oxidation sites excluding steroid dienone is 1. The van der Waals surface area contributed by atoms with Gasteiger partial charge in [0.1, 0.15) is 0 Å². The first-order valence-corrected chi connectivity index (χ1v) is 3.62. The lowest BCUT2D eigenvalue weighted by molar-refractivity contribution is 0.0714. The Morgan fingerprint density at radius 1 is 1.60 bits per heavy atom. The molecule has 0 radical (unpaired) electrons. The van der Waals surface area contributed by atoms with Crippen LogP contribution in [0.2, 0.25) is 0 Å². The smallest absolute Gasteiger partial charge is 0.0590 e. The fraction of sp³-hybridized carbons (Fsp3) is 0.750. The summed E-state index contributed by atoms with van der Waals surface area (Å²) in [6.45, 7) is 5.43. The highest BCUT2D eigenvalue weighted by Crippen LogP contribution is 2.07. The lowest BCUT2D eigenvalue weighted by atomic mass is 10.0. The lowest BCUT2D eigenvalue weighted by Gasteiger charge is -2.14. The highest BCUT2D eigenvalue weighted by molar-refractivity contribution is 4.71. The summed E-state index contributed by atoms with van der Waals surface area (Å²) in [6.07, 6.45) is 2.90. The predicted octanol–water partition coefficient (Wildman–Crippen LogP) is 0.942. The molecule has 2 N–H and O–H groups in total. The Morgan fingerprint density at radius 3 is 2.60 bits per heavy atom. The summed E-state index contributed by atoms with van der Waals surface area (Å²) < 4.78 is 0. The molecule has 2 heteroatoms. The summed E-state index contributed by atoms with van der Waals surface area (Å²) in [5, 5.41) is 17.9. The third-order valence-electron chi connectivity index (χ3n) is 1.61. The van der Waals surface area contributed by atoms with E-state index in [4.69, 9.17) is 5.11 Å². The van der Waals surface area contributed by atoms with Gasteiger partial charge < -0.3 is 10.2 Å². The van der Waals surface area contributed by atoms with Gasteiger partial charge in [0.05, 0.1) is 6.10 Å². The first-order valence-electron chi connectivity index (χ1n) is 3.62. The highest BCUT2D eigenvalue weighted by atomic mass is 16.3. The SMILES string of the molecule is C=CCCC(O)C(C)CO. The Morgan fingerprint density at radius 2 is 2.20 bits per heavy atom. The normalized spacial score (nSPS) is 16.3. The highest BCUT2D eigenvalue weighted by Gasteiger charge is 2.10. The second-order valence-electron chi connectivity index (χ2n) is 2.59. The van der Waals surface area contributed by atoms with Crippen LogP contribution in [0.3, 0.4) is 0 Å². The molecular formula is C8H16O2. The summed E-state index contributed by atoms with van der Waals surface area (Å²) in [7, 11) is 0. The van der Waals surface area contributed by atoms with Gasteiger partial charge in [0.25, 0.3) is 0 Å². The number of hydrogen-bond donors (Lipinski definition) is 2. The third-order valence-corrected chi connectivity index (χ3v) is 1.61. The van der Waals surface area contributed by atoms with E-state index in [1.165, 1.54) is 0 Å². The molecule has 2 atom stereocenters. The molecule has 60 valence electrons. The van der Waals surface area contributed by atoms with Crippen LogP contribution in [-0.2, 0) is 0 Å². The minimum atomic E-state index is -0.386. The van der Waals surface area contributed by atoms with Gasteiger partial charge in [-0.25, -0.2) is 0 Å². The van der Waals surface area contributed by atoms with Crippen molar-refractivity contribution in [2.24, 2.45) is 5.92 Å². The van der Waals surface area contributed by atoms with E-state index in [0.29, 0.717) is 6.42 Å². The molecule has 0 heterocycles. The predicted molar refractivity (Wildman–Crippen MR) is 41.7 cm³/mol. The number of hydrogen-bond acceptors (Lipinski definition) is 2. The third kappa shape index (κ3) is 3.64. The largest absolute Gasteiger partial charge is 0.396 e. The lowest BCUT2D eigenvalue weighted by Crippen LogP contribution is -2.20. The van der Waals surface area contributed by atoms with Crippen molar-refractivity contribution in [3.63, 3.8) is 0 Å². The monoisotopic (exact) mass is 144 g/mol. The Labute approximate surface area is 62.2 Å². The van der Waals surface area contributed by atoms with Gasteiger partial charge in [-0.15, -0.1) is 6.58 Å². The quantitative estimate of drug-likeness (QED) is 0.564. The van der Waals surface area contributed by atoms with Crippen LogP contribution >= 0.6 is 0 Å². The van der Waals surface area contributed by atoms with Crippen LogP contribution in [0.5, 0.6) is 0 Å². The summed E-state index contributed by atoms with van der Waals surface area (Å²) in [5.74, 6) is -0.0139. The second-order valence-corrected chi connectivity index (χ2v) is 2.59. The molecule has 0 rings (SSSR count). The molecule has 0 aromatic rings. The van der Waals surface area contributed by atoms with E-state index >= 15 is 0 Å². The number of aliphatic hydroxyl groups is 2. The molecule has 0 saturated heterocycles. The molecule has 2 unspecified atom stereocenters. The fourth-order valence-electron chi connectivity index (χ4n) is 0.695. The van der Waals surface area contributed by atoms with E-state index in [0.717, 1.165) is 6.42 Å². The van der Waals surface area contributed by atoms with Crippen molar-refractivity contribution in [1.29, 1.82) is 0 Å². The average molecular weight is 144 g/mol. The van der Waals surface area contributed by atoms with Crippen LogP contribution in [0.25, 0.3) is 0 Å². The standard InChI is InChI=1S/C8H16O2/c1-3-4-5-8(10)7(2)6-9/h3,7-10H,1,4-6H2,2H3. The zero-order chi connectivity index (χ0) is 7.98. The molecule has 0 aromatic carbocycles. The molecular weight excluding hydrogens is 128 g/mol. The van der Waals surface area contributed by atoms with Gasteiger partial charge >= 0.3 is 0 Å². The number of rotatable bonds is 5. The molecule has 0 saturated carbocycles. The Hall–Kier alpha value is -0.340. The first-order chi connectivity index (χ1) is 4.72. The van der Waals surface area contributed by atoms with Gasteiger partial charge in [-0.3, -0.25) is 0 Å². The maximum absolute atomic E-state index is 9.24. The summed E-state index contributed by atoms with van der Waals surface area (Å²) in [4.78, 5) is 0. The zero-order valence-corrected chi connectivity index (χ0v) is 6.45. The van der Waals surface area contributed by atoms with E-state index in [2.05, 4.69) is 6.58 Å². The summed E-state index contributed by atoms with van der Waals surface area (Å²) in [6, 6.07) is 0. The van der Waals surface area contributed by atoms with Gasteiger partial charge in [-0.1, -0.05) is 13.0 Å². The van der Waals surface area contributed by atoms with E-state index < -0.39 is 0 Å². The van der Waals surface area contributed by atoms with Crippen LogP contribution in [-0.4, -0.2) is 22.9 Å². The molecule has 0 amide bonds. The summed E-state index contributed by atoms with van der Waals surface area (Å²) >= 11 is 0. The topological polar surface area (TPSA) is 40.5 Å². The van der Waals surface area contributed by atoms with E-state index in [1.54, 1.807) is 6.08 Å². The second kappa shape index (κ2) is 5.45. The van der Waals surface area contributed by atoms with Crippen molar-refractivity contribution in [2.45, 2.75) is 25.9 Å². The van der Waals surface area contributed by atoms with E-state index in [9.17, 15) is 5.11 Å². The molecule has 0 aliphatic heterocycles. The van der Waals surface area contributed by atoms with Crippen molar-refractivity contribution in [3.8, 4) is 0 Å². The van der Waals surface area contributed by atoms with Crippen LogP contribution in [0.15, 0.2) is 12.7 Å². The Balaban J connectivity index is 3.40. The molecule has 10 heavy (non-hydrogen) atoms. The van der Waals surface area contributed by atoms with Crippen molar-refractivity contribution in [3.05, 3.63) is 12.7 Å². The maximum atomic E-state index is 9.24. The fourth-order valence-corrected chi connectivity index (χ4v) is 0.695. The molecule has 0 aliphatic rings. The first kappa shape index (κ1) is 9.66. The van der Waals surface area contributed by atoms with Crippen LogP contribution in [0, 0.1) is 5.92 Å². The van der Waals surface area contributed by atoms with Crippen LogP contribution in [0.4, 0.5) is 0 Å². The maximum Gasteiger partial charge on any atom is 0.0590 e. The molecule has 0 spiro atoms. The molecule has 2 nitrogen and oxygen atoms in total. The van der Waals surface area contributed by atoms with Gasteiger partial charge in [0.2, 0.25) is 0 Å². The molecule has 0 aliphatic carbocycles. The van der Waals surface area contributed by atoms with E-state index in [-0.39, 0.29) is 18.6 Å². The van der Waals surface area contributed by atoms with Crippen molar-refractivity contribution in [2.75, 3.05) is 6.61 Å². The van der Waals surface area contributed by atoms with Crippen LogP contribution < -0.4 is 0 Å². The van der Waals surface area contributed by atoms with Gasteiger partial charge in [0, 0.05) is 12.5 Å². The molecule has 0 aromatic heterocycles. The zero-order valence-electron chi connectivity index (χ0n) is 6.45. The van der Waals surface area contributed by atoms with Gasteiger partial charge in [-0.05, 0) is 12.8 Å². The molecule has 0 bridgehead atoms. The minimum Gasteiger partial charge on any atom is -0.396 e. The van der Waals surface area contributed by atoms with Gasteiger partial charge in [0.15, 0.2) is 0 Å².